The fourth-order valence-corrected chi connectivity index (χ4v) is 5.69. The Labute approximate surface area is 208 Å². The van der Waals surface area contributed by atoms with E-state index in [1.54, 1.807) is 26.4 Å². The number of rotatable bonds is 5. The second-order valence-corrected chi connectivity index (χ2v) is 9.43. The average Bonchev–Trinajstić information content (AvgIpc) is 2.86. The van der Waals surface area contributed by atoms with Crippen molar-refractivity contribution < 1.29 is 18.3 Å². The SMILES string of the molecule is C=C(C)[C@H]1[C@@H](c2c(OC)ccc3ccc(=O)oc23)C=C(C)C[C@@H]1c1c(OC)ccc2ccc(=O)oc12. The lowest BCUT2D eigenvalue weighted by Crippen LogP contribution is -2.26. The van der Waals surface area contributed by atoms with Crippen molar-refractivity contribution in [3.05, 3.63) is 104 Å². The zero-order chi connectivity index (χ0) is 25.6. The van der Waals surface area contributed by atoms with Crippen LogP contribution in [-0.2, 0) is 0 Å². The van der Waals surface area contributed by atoms with Gasteiger partial charge >= 0.3 is 11.3 Å². The molecule has 2 aromatic heterocycles. The van der Waals surface area contributed by atoms with Gasteiger partial charge in [-0.25, -0.2) is 9.59 Å². The predicted molar refractivity (Wildman–Crippen MR) is 140 cm³/mol. The van der Waals surface area contributed by atoms with Crippen molar-refractivity contribution in [1.82, 2.24) is 0 Å². The van der Waals surface area contributed by atoms with E-state index >= 15 is 0 Å². The van der Waals surface area contributed by atoms with Crippen LogP contribution in [0.5, 0.6) is 11.5 Å². The van der Waals surface area contributed by atoms with E-state index in [0.29, 0.717) is 22.7 Å². The zero-order valence-electron chi connectivity index (χ0n) is 20.8. The van der Waals surface area contributed by atoms with Crippen LogP contribution in [0.25, 0.3) is 21.9 Å². The smallest absolute Gasteiger partial charge is 0.336 e. The predicted octanol–water partition coefficient (Wildman–Crippen LogP) is 6.33. The van der Waals surface area contributed by atoms with Gasteiger partial charge in [0.25, 0.3) is 0 Å². The Morgan fingerprint density at radius 3 is 1.86 bits per heavy atom. The van der Waals surface area contributed by atoms with E-state index in [-0.39, 0.29) is 17.8 Å². The van der Waals surface area contributed by atoms with Crippen molar-refractivity contribution in [2.24, 2.45) is 5.92 Å². The molecule has 4 aromatic rings. The first-order valence-corrected chi connectivity index (χ1v) is 11.9. The van der Waals surface area contributed by atoms with Crippen LogP contribution in [0.15, 0.2) is 90.8 Å². The highest BCUT2D eigenvalue weighted by molar-refractivity contribution is 5.85. The summed E-state index contributed by atoms with van der Waals surface area (Å²) >= 11 is 0. The molecule has 36 heavy (non-hydrogen) atoms. The van der Waals surface area contributed by atoms with E-state index in [1.165, 1.54) is 12.1 Å². The quantitative estimate of drug-likeness (QED) is 0.243. The fourth-order valence-electron chi connectivity index (χ4n) is 5.69. The first-order valence-electron chi connectivity index (χ1n) is 11.9. The van der Waals surface area contributed by atoms with Crippen molar-refractivity contribution >= 4 is 21.9 Å². The maximum Gasteiger partial charge on any atom is 0.336 e. The summed E-state index contributed by atoms with van der Waals surface area (Å²) in [5, 5.41) is 1.64. The lowest BCUT2D eigenvalue weighted by atomic mass is 9.65. The third kappa shape index (κ3) is 3.92. The van der Waals surface area contributed by atoms with Crippen LogP contribution in [0.3, 0.4) is 0 Å². The second-order valence-electron chi connectivity index (χ2n) is 9.43. The Morgan fingerprint density at radius 1 is 0.833 bits per heavy atom. The molecule has 0 aliphatic heterocycles. The lowest BCUT2D eigenvalue weighted by Gasteiger charge is -2.39. The third-order valence-corrected chi connectivity index (χ3v) is 7.12. The van der Waals surface area contributed by atoms with Gasteiger partial charge in [0.15, 0.2) is 0 Å². The molecule has 2 aromatic carbocycles. The average molecular weight is 485 g/mol. The molecule has 0 saturated carbocycles. The fraction of sp³-hybridized carbons (Fsp3) is 0.267. The topological polar surface area (TPSA) is 78.9 Å². The Bertz CT molecular complexity index is 1640. The van der Waals surface area contributed by atoms with Crippen molar-refractivity contribution in [1.29, 1.82) is 0 Å². The van der Waals surface area contributed by atoms with E-state index in [2.05, 4.69) is 19.6 Å². The van der Waals surface area contributed by atoms with Gasteiger partial charge in [0.2, 0.25) is 0 Å². The number of fused-ring (bicyclic) bond motifs is 2. The van der Waals surface area contributed by atoms with Gasteiger partial charge in [0.1, 0.15) is 22.7 Å². The Hall–Kier alpha value is -4.06. The molecule has 0 amide bonds. The largest absolute Gasteiger partial charge is 0.496 e. The van der Waals surface area contributed by atoms with Gasteiger partial charge in [-0.05, 0) is 62.6 Å². The summed E-state index contributed by atoms with van der Waals surface area (Å²) in [5.74, 6) is 0.842. The van der Waals surface area contributed by atoms with Crippen molar-refractivity contribution in [3.8, 4) is 11.5 Å². The van der Waals surface area contributed by atoms with E-state index in [1.807, 2.05) is 31.2 Å². The van der Waals surface area contributed by atoms with Gasteiger partial charge < -0.3 is 18.3 Å². The maximum absolute atomic E-state index is 12.3. The minimum Gasteiger partial charge on any atom is -0.496 e. The summed E-state index contributed by atoms with van der Waals surface area (Å²) in [5.41, 5.74) is 3.91. The molecule has 6 heteroatoms. The standard InChI is InChI=1S/C30H28O6/c1-16(2)26-20(27-22(33-4)10-6-18-8-12-24(31)35-29(18)27)14-17(3)15-21(26)28-23(34-5)11-7-19-9-13-25(32)36-30(19)28/h6-14,20-21,26H,1,15H2,2-5H3/t20-,21-,26-/m0/s1. The number of methoxy groups -OCH3 is 2. The maximum atomic E-state index is 12.3. The van der Waals surface area contributed by atoms with Crippen molar-refractivity contribution in [2.45, 2.75) is 32.1 Å². The zero-order valence-corrected chi connectivity index (χ0v) is 20.8. The number of ether oxygens (including phenoxy) is 2. The number of hydrogen-bond donors (Lipinski definition) is 0. The summed E-state index contributed by atoms with van der Waals surface area (Å²) in [7, 11) is 3.23. The van der Waals surface area contributed by atoms with Crippen LogP contribution in [0.2, 0.25) is 0 Å². The first-order chi connectivity index (χ1) is 17.3. The summed E-state index contributed by atoms with van der Waals surface area (Å²) < 4.78 is 23.1. The van der Waals surface area contributed by atoms with Gasteiger partial charge in [0.05, 0.1) is 14.2 Å². The van der Waals surface area contributed by atoms with E-state index in [9.17, 15) is 9.59 Å². The molecule has 0 fully saturated rings. The molecule has 0 radical (unpaired) electrons. The van der Waals surface area contributed by atoms with Crippen LogP contribution in [0, 0.1) is 5.92 Å². The van der Waals surface area contributed by atoms with Crippen molar-refractivity contribution in [3.63, 3.8) is 0 Å². The molecule has 5 rings (SSSR count). The molecule has 6 nitrogen and oxygen atoms in total. The molecule has 1 aliphatic rings. The molecule has 0 saturated heterocycles. The third-order valence-electron chi connectivity index (χ3n) is 7.12. The first kappa shape index (κ1) is 23.7. The van der Waals surface area contributed by atoms with Crippen LogP contribution in [0.4, 0.5) is 0 Å². The summed E-state index contributed by atoms with van der Waals surface area (Å²) in [6.07, 6.45) is 2.92. The molecule has 0 spiro atoms. The number of benzene rings is 2. The molecular weight excluding hydrogens is 456 g/mol. The second kappa shape index (κ2) is 9.19. The number of hydrogen-bond acceptors (Lipinski definition) is 6. The van der Waals surface area contributed by atoms with Gasteiger partial charge in [-0.15, -0.1) is 0 Å². The minimum absolute atomic E-state index is 0.114. The molecule has 0 N–H and O–H groups in total. The minimum atomic E-state index is -0.422. The Balaban J connectivity index is 1.82. The van der Waals surface area contributed by atoms with Crippen molar-refractivity contribution in [2.75, 3.05) is 14.2 Å². The molecule has 2 heterocycles. The normalized spacial score (nSPS) is 19.8. The number of allylic oxidation sites excluding steroid dienone is 3. The molecule has 0 bridgehead atoms. The Morgan fingerprint density at radius 2 is 1.33 bits per heavy atom. The lowest BCUT2D eigenvalue weighted by molar-refractivity contribution is 0.363. The molecular formula is C30H28O6. The monoisotopic (exact) mass is 484 g/mol. The highest BCUT2D eigenvalue weighted by Gasteiger charge is 2.40. The summed E-state index contributed by atoms with van der Waals surface area (Å²) in [6.45, 7) is 8.45. The van der Waals surface area contributed by atoms with E-state index in [4.69, 9.17) is 18.3 Å². The van der Waals surface area contributed by atoms with E-state index in [0.717, 1.165) is 39.5 Å². The molecule has 3 atom stereocenters. The molecule has 0 unspecified atom stereocenters. The van der Waals surface area contributed by atoms with Gasteiger partial charge in [0, 0.05) is 45.9 Å². The van der Waals surface area contributed by atoms with Gasteiger partial charge in [-0.1, -0.05) is 23.8 Å². The summed E-state index contributed by atoms with van der Waals surface area (Å²) in [4.78, 5) is 24.5. The Kier molecular flexibility index (Phi) is 6.04. The van der Waals surface area contributed by atoms with Crippen LogP contribution in [0.1, 0.15) is 43.2 Å². The van der Waals surface area contributed by atoms with Crippen LogP contribution < -0.4 is 20.7 Å². The van der Waals surface area contributed by atoms with Gasteiger partial charge in [-0.3, -0.25) is 0 Å². The summed E-state index contributed by atoms with van der Waals surface area (Å²) in [6, 6.07) is 14.0. The molecule has 184 valence electrons. The van der Waals surface area contributed by atoms with Gasteiger partial charge in [-0.2, -0.15) is 0 Å². The van der Waals surface area contributed by atoms with Crippen LogP contribution >= 0.6 is 0 Å². The highest BCUT2D eigenvalue weighted by atomic mass is 16.5. The van der Waals surface area contributed by atoms with E-state index < -0.39 is 11.3 Å². The highest BCUT2D eigenvalue weighted by Crippen LogP contribution is 2.53. The molecule has 1 aliphatic carbocycles. The van der Waals surface area contributed by atoms with Crippen LogP contribution in [-0.4, -0.2) is 14.2 Å².